The summed E-state index contributed by atoms with van der Waals surface area (Å²) in [4.78, 5) is 2.58. The Kier molecular flexibility index (Phi) is 7.23. The number of rotatable bonds is 7. The van der Waals surface area contributed by atoms with Crippen molar-refractivity contribution in [3.63, 3.8) is 0 Å². The van der Waals surface area contributed by atoms with Gasteiger partial charge in [-0.3, -0.25) is 9.62 Å². The lowest BCUT2D eigenvalue weighted by molar-refractivity contribution is -0.137. The highest BCUT2D eigenvalue weighted by molar-refractivity contribution is 8.27. The second-order valence-corrected chi connectivity index (χ2v) is 11.1. The predicted molar refractivity (Wildman–Crippen MR) is 131 cm³/mol. The highest BCUT2D eigenvalue weighted by Crippen LogP contribution is 2.47. The molecule has 0 spiro atoms. The van der Waals surface area contributed by atoms with Gasteiger partial charge in [0.2, 0.25) is 0 Å². The lowest BCUT2D eigenvalue weighted by Crippen LogP contribution is -2.34. The van der Waals surface area contributed by atoms with Gasteiger partial charge in [0.25, 0.3) is 0 Å². The van der Waals surface area contributed by atoms with Crippen LogP contribution in [0, 0.1) is 0 Å². The number of methoxy groups -OCH3 is 1. The molecular formula is C26H29F3N2O2S. The molecule has 1 heterocycles. The number of ether oxygens (including phenoxy) is 1. The molecule has 1 saturated heterocycles. The van der Waals surface area contributed by atoms with Gasteiger partial charge < -0.3 is 9.29 Å². The van der Waals surface area contributed by atoms with Gasteiger partial charge in [-0.15, -0.1) is 0 Å². The average Bonchev–Trinajstić information content (AvgIpc) is 3.25. The van der Waals surface area contributed by atoms with Gasteiger partial charge in [0, 0.05) is 36.8 Å². The maximum atomic E-state index is 13.1. The third kappa shape index (κ3) is 5.93. The zero-order valence-corrected chi connectivity index (χ0v) is 20.0. The average molecular weight is 491 g/mol. The van der Waals surface area contributed by atoms with Gasteiger partial charge in [-0.2, -0.15) is 13.2 Å². The second kappa shape index (κ2) is 10.00. The normalized spacial score (nSPS) is 19.5. The van der Waals surface area contributed by atoms with Crippen LogP contribution in [0.25, 0.3) is 11.1 Å². The molecule has 0 saturated carbocycles. The number of nitrogens with one attached hydrogen (secondary N) is 1. The Morgan fingerprint density at radius 1 is 1.03 bits per heavy atom. The Morgan fingerprint density at radius 2 is 1.68 bits per heavy atom. The first-order valence-electron chi connectivity index (χ1n) is 11.0. The standard InChI is InChI=1S/C26H29F3N2O2S/c1-33-24-12-10-21(11-13-24)20-8-6-19(7-9-20)17-31-15-14-23(18-31)30-34(2,32)25-5-3-4-22(16-25)26(27,28)29/h3-13,16,23,30,32H,14-15,17-18H2,1-2H3. The van der Waals surface area contributed by atoms with Crippen molar-refractivity contribution in [1.29, 1.82) is 0 Å². The highest BCUT2D eigenvalue weighted by atomic mass is 32.3. The first-order chi connectivity index (χ1) is 16.1. The van der Waals surface area contributed by atoms with Crippen LogP contribution in [0.5, 0.6) is 5.75 Å². The van der Waals surface area contributed by atoms with Crippen LogP contribution in [0.3, 0.4) is 0 Å². The third-order valence-electron chi connectivity index (χ3n) is 6.07. The maximum Gasteiger partial charge on any atom is 0.416 e. The van der Waals surface area contributed by atoms with Crippen molar-refractivity contribution in [2.45, 2.75) is 30.1 Å². The van der Waals surface area contributed by atoms with Crippen molar-refractivity contribution >= 4 is 10.5 Å². The van der Waals surface area contributed by atoms with Crippen molar-refractivity contribution in [2.24, 2.45) is 0 Å². The summed E-state index contributed by atoms with van der Waals surface area (Å²) in [6.45, 7) is 2.36. The topological polar surface area (TPSA) is 44.7 Å². The van der Waals surface area contributed by atoms with Gasteiger partial charge in [0.15, 0.2) is 0 Å². The zero-order valence-electron chi connectivity index (χ0n) is 19.2. The quantitative estimate of drug-likeness (QED) is 0.401. The fourth-order valence-corrected chi connectivity index (χ4v) is 5.91. The van der Waals surface area contributed by atoms with Crippen molar-refractivity contribution in [2.75, 3.05) is 26.5 Å². The summed E-state index contributed by atoms with van der Waals surface area (Å²) in [6.07, 6.45) is -2.02. The molecule has 182 valence electrons. The van der Waals surface area contributed by atoms with Crippen LogP contribution in [0.15, 0.2) is 77.7 Å². The first-order valence-corrected chi connectivity index (χ1v) is 13.0. The Hall–Kier alpha value is -2.52. The molecule has 2 N–H and O–H groups in total. The fraction of sp³-hybridized carbons (Fsp3) is 0.308. The third-order valence-corrected chi connectivity index (χ3v) is 8.04. The molecule has 4 rings (SSSR count). The zero-order chi connectivity index (χ0) is 24.3. The molecule has 2 atom stereocenters. The maximum absolute atomic E-state index is 13.1. The van der Waals surface area contributed by atoms with Crippen molar-refractivity contribution in [3.05, 3.63) is 83.9 Å². The van der Waals surface area contributed by atoms with Gasteiger partial charge in [-0.25, -0.2) is 0 Å². The lowest BCUT2D eigenvalue weighted by atomic mass is 10.0. The smallest absolute Gasteiger partial charge is 0.416 e. The summed E-state index contributed by atoms with van der Waals surface area (Å²) in [5.41, 5.74) is 2.70. The molecule has 1 aliphatic rings. The molecule has 3 aromatic rings. The number of hydrogen-bond donors (Lipinski definition) is 2. The van der Waals surface area contributed by atoms with E-state index in [9.17, 15) is 17.7 Å². The van der Waals surface area contributed by atoms with Gasteiger partial charge in [-0.1, -0.05) is 53.0 Å². The molecule has 1 fully saturated rings. The number of halogens is 3. The molecule has 2 unspecified atom stereocenters. The van der Waals surface area contributed by atoms with Crippen molar-refractivity contribution in [1.82, 2.24) is 9.62 Å². The summed E-state index contributed by atoms with van der Waals surface area (Å²) < 4.78 is 58.6. The number of hydrogen-bond acceptors (Lipinski definition) is 4. The van der Waals surface area contributed by atoms with E-state index in [1.807, 2.05) is 24.3 Å². The Balaban J connectivity index is 1.34. The van der Waals surface area contributed by atoms with Gasteiger partial charge in [0.1, 0.15) is 5.75 Å². The first kappa shape index (κ1) is 24.6. The van der Waals surface area contributed by atoms with E-state index in [2.05, 4.69) is 33.9 Å². The highest BCUT2D eigenvalue weighted by Gasteiger charge is 2.33. The Morgan fingerprint density at radius 3 is 2.29 bits per heavy atom. The number of alkyl halides is 3. The SMILES string of the molecule is COc1ccc(-c2ccc(CN3CCC(NS(C)(O)c4cccc(C(F)(F)F)c4)C3)cc2)cc1. The van der Waals surface area contributed by atoms with Gasteiger partial charge in [0.05, 0.1) is 12.7 Å². The number of nitrogens with zero attached hydrogens (tertiary/aromatic N) is 1. The fourth-order valence-electron chi connectivity index (χ4n) is 4.23. The second-order valence-electron chi connectivity index (χ2n) is 8.67. The van der Waals surface area contributed by atoms with Crippen LogP contribution in [0.2, 0.25) is 0 Å². The molecule has 0 aliphatic carbocycles. The molecule has 0 radical (unpaired) electrons. The van der Waals surface area contributed by atoms with Crippen LogP contribution >= 0.6 is 10.5 Å². The van der Waals surface area contributed by atoms with Crippen LogP contribution in [-0.4, -0.2) is 41.9 Å². The molecule has 8 heteroatoms. The van der Waals surface area contributed by atoms with E-state index >= 15 is 0 Å². The number of benzene rings is 3. The monoisotopic (exact) mass is 490 g/mol. The Bertz CT molecular complexity index is 1100. The Labute approximate surface area is 200 Å². The summed E-state index contributed by atoms with van der Waals surface area (Å²) >= 11 is 0. The summed E-state index contributed by atoms with van der Waals surface area (Å²) in [5, 5.41) is 0. The summed E-state index contributed by atoms with van der Waals surface area (Å²) in [6, 6.07) is 21.4. The summed E-state index contributed by atoms with van der Waals surface area (Å²) in [5.74, 6) is 0.825. The van der Waals surface area contributed by atoms with Crippen molar-refractivity contribution in [3.8, 4) is 16.9 Å². The molecule has 0 aromatic heterocycles. The minimum atomic E-state index is -4.43. The van der Waals surface area contributed by atoms with E-state index in [0.29, 0.717) is 0 Å². The van der Waals surface area contributed by atoms with E-state index < -0.39 is 22.2 Å². The molecule has 0 amide bonds. The van der Waals surface area contributed by atoms with Crippen LogP contribution < -0.4 is 9.46 Å². The molecule has 4 nitrogen and oxygen atoms in total. The molecule has 34 heavy (non-hydrogen) atoms. The predicted octanol–water partition coefficient (Wildman–Crippen LogP) is 6.43. The van der Waals surface area contributed by atoms with Crippen LogP contribution in [0.4, 0.5) is 13.2 Å². The minimum Gasteiger partial charge on any atom is -0.497 e. The van der Waals surface area contributed by atoms with E-state index in [-0.39, 0.29) is 10.9 Å². The van der Waals surface area contributed by atoms with Gasteiger partial charge in [-0.05, 0) is 53.4 Å². The van der Waals surface area contributed by atoms with Crippen LogP contribution in [-0.2, 0) is 12.7 Å². The van der Waals surface area contributed by atoms with Gasteiger partial charge >= 0.3 is 6.18 Å². The summed E-state index contributed by atoms with van der Waals surface area (Å²) in [7, 11) is -0.901. The molecule has 0 bridgehead atoms. The largest absolute Gasteiger partial charge is 0.497 e. The number of likely N-dealkylation sites (tertiary alicyclic amines) is 1. The van der Waals surface area contributed by atoms with Crippen molar-refractivity contribution < 1.29 is 22.5 Å². The van der Waals surface area contributed by atoms with E-state index in [1.54, 1.807) is 19.4 Å². The molecular weight excluding hydrogens is 461 g/mol. The van der Waals surface area contributed by atoms with E-state index in [1.165, 1.54) is 11.6 Å². The van der Waals surface area contributed by atoms with Crippen LogP contribution in [0.1, 0.15) is 17.5 Å². The molecule has 3 aromatic carbocycles. The van der Waals surface area contributed by atoms with E-state index in [0.717, 1.165) is 55.1 Å². The van der Waals surface area contributed by atoms with E-state index in [4.69, 9.17) is 4.74 Å². The lowest BCUT2D eigenvalue weighted by Gasteiger charge is -2.34. The minimum absolute atomic E-state index is 0.0121. The molecule has 1 aliphatic heterocycles.